The Morgan fingerprint density at radius 2 is 2.20 bits per heavy atom. The van der Waals surface area contributed by atoms with Crippen LogP contribution in [0.4, 0.5) is 5.69 Å². The molecule has 4 heteroatoms. The second-order valence-electron chi connectivity index (χ2n) is 3.06. The van der Waals surface area contributed by atoms with Crippen LogP contribution in [0.5, 0.6) is 0 Å². The fraction of sp³-hybridized carbons (Fsp3) is 0.0909. The van der Waals surface area contributed by atoms with Crippen molar-refractivity contribution >= 4 is 5.69 Å². The molecule has 0 N–H and O–H groups in total. The molecule has 1 radical (unpaired) electrons. The van der Waals surface area contributed by atoms with Crippen LogP contribution >= 0.6 is 0 Å². The van der Waals surface area contributed by atoms with E-state index in [1.165, 1.54) is 0 Å². The fourth-order valence-corrected chi connectivity index (χ4v) is 1.24. The molecule has 0 saturated heterocycles. The van der Waals surface area contributed by atoms with Gasteiger partial charge in [0.15, 0.2) is 0 Å². The van der Waals surface area contributed by atoms with Crippen molar-refractivity contribution in [3.63, 3.8) is 0 Å². The van der Waals surface area contributed by atoms with Crippen LogP contribution in [0.2, 0.25) is 0 Å². The van der Waals surface area contributed by atoms with Gasteiger partial charge in [0.1, 0.15) is 0 Å². The number of anilines is 1. The molecule has 3 nitrogen and oxygen atoms in total. The average molecular weight is 375 g/mol. The van der Waals surface area contributed by atoms with Crippen molar-refractivity contribution in [1.82, 2.24) is 4.90 Å². The Kier molecular flexibility index (Phi) is 3.90. The molecule has 0 aliphatic carbocycles. The summed E-state index contributed by atoms with van der Waals surface area (Å²) in [6.07, 6.45) is 3.89. The molecule has 1 aromatic rings. The van der Waals surface area contributed by atoms with Crippen molar-refractivity contribution < 1.29 is 20.1 Å². The number of benzene rings is 1. The molecule has 0 fully saturated rings. The monoisotopic (exact) mass is 376 g/mol. The summed E-state index contributed by atoms with van der Waals surface area (Å²) in [6.45, 7) is 1.94. The molecular weight excluding hydrogens is 366 g/mol. The summed E-state index contributed by atoms with van der Waals surface area (Å²) in [6, 6.07) is 10.5. The van der Waals surface area contributed by atoms with E-state index in [9.17, 15) is 0 Å². The minimum Gasteiger partial charge on any atom is -0.510 e. The first-order chi connectivity index (χ1) is 6.79. The fourth-order valence-electron chi connectivity index (χ4n) is 1.24. The van der Waals surface area contributed by atoms with Gasteiger partial charge in [-0.1, -0.05) is 5.56 Å². The van der Waals surface area contributed by atoms with Crippen molar-refractivity contribution in [2.45, 2.75) is 0 Å². The third-order valence-electron chi connectivity index (χ3n) is 1.97. The molecule has 0 aromatic heterocycles. The Balaban J connectivity index is 0.00000112. The maximum atomic E-state index is 8.62. The summed E-state index contributed by atoms with van der Waals surface area (Å²) in [7, 11) is 1.96. The smallest absolute Gasteiger partial charge is 0.0307 e. The minimum absolute atomic E-state index is 0. The quantitative estimate of drug-likeness (QED) is 0.700. The van der Waals surface area contributed by atoms with Gasteiger partial charge in [-0.2, -0.15) is 24.9 Å². The molecule has 15 heavy (non-hydrogen) atoms. The largest absolute Gasteiger partial charge is 0.510 e. The van der Waals surface area contributed by atoms with Crippen LogP contribution in [0.1, 0.15) is 5.56 Å². The Labute approximate surface area is 103 Å². The number of nitrogens with zero attached hydrogens (tertiary/aromatic N) is 3. The normalized spacial score (nSPS) is 13.6. The van der Waals surface area contributed by atoms with Crippen LogP contribution in [0.3, 0.4) is 0 Å². The van der Waals surface area contributed by atoms with Gasteiger partial charge >= 0.3 is 0 Å². The van der Waals surface area contributed by atoms with Crippen LogP contribution in [0, 0.1) is 24.1 Å². The molecule has 0 saturated carbocycles. The van der Waals surface area contributed by atoms with Crippen LogP contribution in [0.15, 0.2) is 30.6 Å². The van der Waals surface area contributed by atoms with Crippen LogP contribution in [-0.4, -0.2) is 11.9 Å². The Bertz CT molecular complexity index is 391. The zero-order valence-electron chi connectivity index (χ0n) is 8.14. The number of hydrogen-bond acceptors (Lipinski definition) is 3. The van der Waals surface area contributed by atoms with Gasteiger partial charge in [-0.25, -0.2) is 5.26 Å². The summed E-state index contributed by atoms with van der Waals surface area (Å²) >= 11 is 0. The van der Waals surface area contributed by atoms with E-state index < -0.39 is 0 Å². The van der Waals surface area contributed by atoms with Gasteiger partial charge in [0.05, 0.1) is 0 Å². The first-order valence-corrected chi connectivity index (χ1v) is 4.25. The zero-order chi connectivity index (χ0) is 9.97. The second kappa shape index (κ2) is 4.97. The van der Waals surface area contributed by atoms with Crippen LogP contribution in [0.25, 0.3) is 0 Å². The first-order valence-electron chi connectivity index (χ1n) is 4.25. The van der Waals surface area contributed by atoms with E-state index in [4.69, 9.17) is 5.26 Å². The molecular formula is C11H9IrN3-2. The molecule has 1 heterocycles. The van der Waals surface area contributed by atoms with Gasteiger partial charge in [0.25, 0.3) is 0 Å². The van der Waals surface area contributed by atoms with E-state index in [1.807, 2.05) is 42.0 Å². The minimum atomic E-state index is 0. The maximum Gasteiger partial charge on any atom is 0.0307 e. The van der Waals surface area contributed by atoms with Gasteiger partial charge in [0.2, 0.25) is 0 Å². The summed E-state index contributed by atoms with van der Waals surface area (Å²) in [5.74, 6) is 0. The maximum absolute atomic E-state index is 8.62. The van der Waals surface area contributed by atoms with Gasteiger partial charge in [-0.15, -0.1) is 11.8 Å². The van der Waals surface area contributed by atoms with Crippen LogP contribution in [-0.2, 0) is 20.1 Å². The predicted octanol–water partition coefficient (Wildman–Crippen LogP) is 1.70. The Morgan fingerprint density at radius 1 is 1.40 bits per heavy atom. The molecule has 1 aliphatic heterocycles. The van der Waals surface area contributed by atoms with E-state index in [2.05, 4.69) is 12.1 Å². The van der Waals surface area contributed by atoms with Crippen molar-refractivity contribution in [2.75, 3.05) is 11.9 Å². The number of rotatable bonds is 1. The first kappa shape index (κ1) is 11.8. The Hall–Kier alpha value is -1.30. The molecule has 1 aromatic carbocycles. The summed E-state index contributed by atoms with van der Waals surface area (Å²) in [4.78, 5) is 3.90. The summed E-state index contributed by atoms with van der Waals surface area (Å²) in [5, 5.41) is 8.62. The molecule has 2 rings (SSSR count). The molecule has 0 bridgehead atoms. The van der Waals surface area contributed by atoms with Gasteiger partial charge in [0, 0.05) is 26.2 Å². The van der Waals surface area contributed by atoms with E-state index in [-0.39, 0.29) is 20.1 Å². The number of hydrogen-bond donors (Lipinski definition) is 0. The van der Waals surface area contributed by atoms with E-state index in [0.29, 0.717) is 5.56 Å². The third kappa shape index (κ3) is 2.59. The molecule has 0 spiro atoms. The molecule has 79 valence electrons. The third-order valence-corrected chi connectivity index (χ3v) is 1.97. The zero-order valence-corrected chi connectivity index (χ0v) is 10.5. The van der Waals surface area contributed by atoms with E-state index in [1.54, 1.807) is 12.1 Å². The van der Waals surface area contributed by atoms with Crippen LogP contribution < -0.4 is 4.90 Å². The second-order valence-corrected chi connectivity index (χ2v) is 3.06. The molecule has 1 aliphatic rings. The molecule has 0 atom stereocenters. The average Bonchev–Trinajstić information content (AvgIpc) is 2.65. The van der Waals surface area contributed by atoms with Crippen molar-refractivity contribution in [2.24, 2.45) is 0 Å². The topological polar surface area (TPSA) is 30.3 Å². The van der Waals surface area contributed by atoms with Gasteiger partial charge < -0.3 is 9.80 Å². The summed E-state index contributed by atoms with van der Waals surface area (Å²) in [5.41, 5.74) is 1.56. The molecule has 0 amide bonds. The molecule has 0 unspecified atom stereocenters. The van der Waals surface area contributed by atoms with Gasteiger partial charge in [-0.3, -0.25) is 0 Å². The van der Waals surface area contributed by atoms with E-state index >= 15 is 0 Å². The predicted molar refractivity (Wildman–Crippen MR) is 53.7 cm³/mol. The van der Waals surface area contributed by atoms with Crippen molar-refractivity contribution in [3.05, 3.63) is 48.9 Å². The standard InChI is InChI=1S/C11H9N3.Ir/c1-13-6-7-14(9-13)11-4-2-10(8-12)3-5-11;/h2-4,6-7,9H,1H3;/q-2;. The SMILES string of the molecule is CN1C=CN(c2[c-]cc(C#N)cc2)[CH-]1.[Ir]. The van der Waals surface area contributed by atoms with Crippen molar-refractivity contribution in [1.29, 1.82) is 5.26 Å². The van der Waals surface area contributed by atoms with Gasteiger partial charge in [-0.05, 0) is 19.4 Å². The van der Waals surface area contributed by atoms with Crippen molar-refractivity contribution in [3.8, 4) is 6.07 Å². The Morgan fingerprint density at radius 3 is 2.67 bits per heavy atom. The number of nitriles is 1. The van der Waals surface area contributed by atoms with E-state index in [0.717, 1.165) is 5.69 Å². The summed E-state index contributed by atoms with van der Waals surface area (Å²) < 4.78 is 0.